The molecule has 0 spiro atoms. The summed E-state index contributed by atoms with van der Waals surface area (Å²) >= 11 is 6.16. The van der Waals surface area contributed by atoms with E-state index in [1.54, 1.807) is 4.68 Å². The second-order valence-corrected chi connectivity index (χ2v) is 3.96. The van der Waals surface area contributed by atoms with Crippen molar-refractivity contribution in [1.29, 1.82) is 0 Å². The van der Waals surface area contributed by atoms with Gasteiger partial charge in [0.25, 0.3) is 0 Å². The second kappa shape index (κ2) is 5.86. The Balaban J connectivity index is 2.53. The largest absolute Gasteiger partial charge is 0.370 e. The second-order valence-electron chi connectivity index (χ2n) is 3.58. The molecule has 6 heteroatoms. The zero-order valence-electron chi connectivity index (χ0n) is 9.59. The molecule has 0 unspecified atom stereocenters. The molecule has 0 saturated carbocycles. The van der Waals surface area contributed by atoms with E-state index in [2.05, 4.69) is 10.4 Å². The lowest BCUT2D eigenvalue weighted by molar-refractivity contribution is -0.117. The van der Waals surface area contributed by atoms with E-state index in [0.717, 1.165) is 17.8 Å². The maximum absolute atomic E-state index is 10.5. The minimum absolute atomic E-state index is 0.308. The summed E-state index contributed by atoms with van der Waals surface area (Å²) in [4.78, 5) is 10.5. The topological polar surface area (TPSA) is 72.9 Å². The summed E-state index contributed by atoms with van der Waals surface area (Å²) < 4.78 is 1.76. The number of aromatic nitrogens is 2. The Morgan fingerprint density at radius 2 is 2.31 bits per heavy atom. The third-order valence-electron chi connectivity index (χ3n) is 2.34. The van der Waals surface area contributed by atoms with E-state index >= 15 is 0 Å². The summed E-state index contributed by atoms with van der Waals surface area (Å²) in [5, 5.41) is 8.11. The van der Waals surface area contributed by atoms with Gasteiger partial charge < -0.3 is 11.1 Å². The number of amides is 1. The number of hydrogen-bond donors (Lipinski definition) is 2. The summed E-state index contributed by atoms with van der Waals surface area (Å²) in [7, 11) is 1.86. The fourth-order valence-electron chi connectivity index (χ4n) is 1.43. The number of aryl methyl sites for hydroxylation is 2. The van der Waals surface area contributed by atoms with Gasteiger partial charge in [-0.05, 0) is 6.42 Å². The van der Waals surface area contributed by atoms with Crippen LogP contribution in [0.3, 0.4) is 0 Å². The molecule has 1 heterocycles. The molecule has 1 aromatic heterocycles. The molecule has 5 nitrogen and oxygen atoms in total. The van der Waals surface area contributed by atoms with Crippen LogP contribution in [-0.4, -0.2) is 22.2 Å². The van der Waals surface area contributed by atoms with E-state index in [1.807, 2.05) is 14.0 Å². The van der Waals surface area contributed by atoms with Crippen molar-refractivity contribution in [2.75, 3.05) is 6.54 Å². The maximum Gasteiger partial charge on any atom is 0.218 e. The first-order chi connectivity index (χ1) is 7.56. The standard InChI is InChI=1S/C10H17ClN4O/c1-3-7-10(11)8(15(2)14-7)6-13-5-4-9(12)16/h13H,3-6H2,1-2H3,(H2,12,16). The summed E-state index contributed by atoms with van der Waals surface area (Å²) in [5.74, 6) is -0.308. The molecule has 0 fully saturated rings. The highest BCUT2D eigenvalue weighted by atomic mass is 35.5. The minimum Gasteiger partial charge on any atom is -0.370 e. The molecule has 0 atom stereocenters. The third-order valence-corrected chi connectivity index (χ3v) is 2.78. The molecular weight excluding hydrogens is 228 g/mol. The minimum atomic E-state index is -0.308. The highest BCUT2D eigenvalue weighted by molar-refractivity contribution is 6.31. The monoisotopic (exact) mass is 244 g/mol. The molecule has 0 aliphatic heterocycles. The predicted octanol–water partition coefficient (Wildman–Crippen LogP) is 0.601. The van der Waals surface area contributed by atoms with E-state index in [0.29, 0.717) is 24.5 Å². The van der Waals surface area contributed by atoms with Crippen LogP contribution in [0.4, 0.5) is 0 Å². The normalized spacial score (nSPS) is 10.7. The molecular formula is C10H17ClN4O. The van der Waals surface area contributed by atoms with Crippen LogP contribution in [-0.2, 0) is 24.8 Å². The fraction of sp³-hybridized carbons (Fsp3) is 0.600. The van der Waals surface area contributed by atoms with Gasteiger partial charge in [-0.15, -0.1) is 0 Å². The van der Waals surface area contributed by atoms with Crippen LogP contribution in [0, 0.1) is 0 Å². The number of carbonyl (C=O) groups is 1. The van der Waals surface area contributed by atoms with Crippen molar-refractivity contribution >= 4 is 17.5 Å². The van der Waals surface area contributed by atoms with E-state index in [4.69, 9.17) is 17.3 Å². The Morgan fingerprint density at radius 1 is 1.62 bits per heavy atom. The maximum atomic E-state index is 10.5. The lowest BCUT2D eigenvalue weighted by atomic mass is 10.3. The van der Waals surface area contributed by atoms with Crippen molar-refractivity contribution in [3.8, 4) is 0 Å². The molecule has 90 valence electrons. The van der Waals surface area contributed by atoms with Crippen molar-refractivity contribution in [3.63, 3.8) is 0 Å². The Bertz CT molecular complexity index is 375. The first-order valence-corrected chi connectivity index (χ1v) is 5.63. The number of primary amides is 1. The van der Waals surface area contributed by atoms with Gasteiger partial charge in [0.05, 0.1) is 16.4 Å². The number of rotatable bonds is 6. The Hall–Kier alpha value is -1.07. The van der Waals surface area contributed by atoms with Crippen LogP contribution >= 0.6 is 11.6 Å². The number of nitrogens with one attached hydrogen (secondary N) is 1. The zero-order chi connectivity index (χ0) is 12.1. The Kier molecular flexibility index (Phi) is 4.76. The van der Waals surface area contributed by atoms with Gasteiger partial charge >= 0.3 is 0 Å². The quantitative estimate of drug-likeness (QED) is 0.720. The van der Waals surface area contributed by atoms with Crippen LogP contribution in [0.15, 0.2) is 0 Å². The van der Waals surface area contributed by atoms with Crippen LogP contribution < -0.4 is 11.1 Å². The molecule has 0 saturated heterocycles. The number of carbonyl (C=O) groups excluding carboxylic acids is 1. The Morgan fingerprint density at radius 3 is 2.81 bits per heavy atom. The van der Waals surface area contributed by atoms with Gasteiger partial charge in [0, 0.05) is 26.6 Å². The molecule has 0 aromatic carbocycles. The average molecular weight is 245 g/mol. The summed E-state index contributed by atoms with van der Waals surface area (Å²) in [6.07, 6.45) is 1.14. The van der Waals surface area contributed by atoms with Gasteiger partial charge in [-0.2, -0.15) is 5.10 Å². The molecule has 0 radical (unpaired) electrons. The van der Waals surface area contributed by atoms with Gasteiger partial charge in [-0.3, -0.25) is 9.48 Å². The average Bonchev–Trinajstić information content (AvgIpc) is 2.50. The van der Waals surface area contributed by atoms with E-state index in [1.165, 1.54) is 0 Å². The van der Waals surface area contributed by atoms with Gasteiger partial charge in [-0.25, -0.2) is 0 Å². The predicted molar refractivity (Wildman–Crippen MR) is 63.1 cm³/mol. The van der Waals surface area contributed by atoms with Gasteiger partial charge in [0.2, 0.25) is 5.91 Å². The molecule has 0 bridgehead atoms. The Labute approximate surface area is 99.9 Å². The highest BCUT2D eigenvalue weighted by Crippen LogP contribution is 2.20. The number of halogens is 1. The van der Waals surface area contributed by atoms with Gasteiger partial charge in [-0.1, -0.05) is 18.5 Å². The lowest BCUT2D eigenvalue weighted by Crippen LogP contribution is -2.22. The smallest absolute Gasteiger partial charge is 0.218 e. The first kappa shape index (κ1) is 13.0. The van der Waals surface area contributed by atoms with Gasteiger partial charge in [0.1, 0.15) is 0 Å². The van der Waals surface area contributed by atoms with Crippen LogP contribution in [0.1, 0.15) is 24.7 Å². The molecule has 0 aliphatic carbocycles. The molecule has 1 rings (SSSR count). The van der Waals surface area contributed by atoms with E-state index in [9.17, 15) is 4.79 Å². The van der Waals surface area contributed by atoms with Crippen molar-refractivity contribution in [2.24, 2.45) is 12.8 Å². The fourth-order valence-corrected chi connectivity index (χ4v) is 1.79. The molecule has 0 aliphatic rings. The summed E-state index contributed by atoms with van der Waals surface area (Å²) in [5.41, 5.74) is 6.87. The van der Waals surface area contributed by atoms with Crippen molar-refractivity contribution < 1.29 is 4.79 Å². The van der Waals surface area contributed by atoms with Crippen LogP contribution in [0.2, 0.25) is 5.02 Å². The first-order valence-electron chi connectivity index (χ1n) is 5.25. The van der Waals surface area contributed by atoms with E-state index < -0.39 is 0 Å². The van der Waals surface area contributed by atoms with Crippen molar-refractivity contribution in [1.82, 2.24) is 15.1 Å². The van der Waals surface area contributed by atoms with E-state index in [-0.39, 0.29) is 5.91 Å². The van der Waals surface area contributed by atoms with Crippen molar-refractivity contribution in [2.45, 2.75) is 26.3 Å². The molecule has 16 heavy (non-hydrogen) atoms. The molecule has 3 N–H and O–H groups in total. The highest BCUT2D eigenvalue weighted by Gasteiger charge is 2.11. The van der Waals surface area contributed by atoms with Crippen molar-refractivity contribution in [3.05, 3.63) is 16.4 Å². The van der Waals surface area contributed by atoms with Crippen LogP contribution in [0.5, 0.6) is 0 Å². The SMILES string of the molecule is CCc1nn(C)c(CNCCC(N)=O)c1Cl. The third kappa shape index (κ3) is 3.21. The zero-order valence-corrected chi connectivity index (χ0v) is 10.3. The summed E-state index contributed by atoms with van der Waals surface area (Å²) in [6, 6.07) is 0. The lowest BCUT2D eigenvalue weighted by Gasteiger charge is -2.04. The molecule has 1 aromatic rings. The number of nitrogens with two attached hydrogens (primary N) is 1. The summed E-state index contributed by atoms with van der Waals surface area (Å²) in [6.45, 7) is 3.16. The number of hydrogen-bond acceptors (Lipinski definition) is 3. The van der Waals surface area contributed by atoms with Crippen LogP contribution in [0.25, 0.3) is 0 Å². The van der Waals surface area contributed by atoms with Gasteiger partial charge in [0.15, 0.2) is 0 Å². The number of nitrogens with zero attached hydrogens (tertiary/aromatic N) is 2. The molecule has 1 amide bonds.